The lowest BCUT2D eigenvalue weighted by molar-refractivity contribution is 0.605. The van der Waals surface area contributed by atoms with Gasteiger partial charge in [0.15, 0.2) is 11.7 Å². The molecule has 0 saturated heterocycles. The van der Waals surface area contributed by atoms with Gasteiger partial charge in [-0.05, 0) is 25.0 Å². The van der Waals surface area contributed by atoms with Crippen LogP contribution in [0.15, 0.2) is 42.5 Å². The Morgan fingerprint density at radius 3 is 2.05 bits per heavy atom. The van der Waals surface area contributed by atoms with Crippen LogP contribution in [0.3, 0.4) is 0 Å². The van der Waals surface area contributed by atoms with E-state index in [1.54, 1.807) is 12.1 Å². The van der Waals surface area contributed by atoms with E-state index >= 15 is 0 Å². The fraction of sp³-hybridized carbons (Fsp3) is 0.222. The first-order chi connectivity index (χ1) is 10.0. The fourth-order valence-electron chi connectivity index (χ4n) is 2.11. The molecular weight excluding hydrogens is 273 g/mol. The van der Waals surface area contributed by atoms with Gasteiger partial charge in [0.05, 0.1) is 0 Å². The zero-order valence-electron chi connectivity index (χ0n) is 12.1. The second-order valence-corrected chi connectivity index (χ2v) is 5.05. The van der Waals surface area contributed by atoms with E-state index in [2.05, 4.69) is 0 Å². The largest absolute Gasteiger partial charge is 0.207 e. The molecule has 0 aromatic heterocycles. The predicted molar refractivity (Wildman–Crippen MR) is 80.6 cm³/mol. The highest BCUT2D eigenvalue weighted by Gasteiger charge is 2.13. The van der Waals surface area contributed by atoms with Gasteiger partial charge in [0.2, 0.25) is 0 Å². The molecule has 0 unspecified atom stereocenters. The number of hydrogen-bond acceptors (Lipinski definition) is 0. The quantitative estimate of drug-likeness (QED) is 0.619. The van der Waals surface area contributed by atoms with Gasteiger partial charge in [-0.3, -0.25) is 0 Å². The molecule has 0 aliphatic rings. The van der Waals surface area contributed by atoms with E-state index in [4.69, 9.17) is 0 Å². The second-order valence-electron chi connectivity index (χ2n) is 5.05. The number of halogens is 3. The van der Waals surface area contributed by atoms with Crippen molar-refractivity contribution in [1.29, 1.82) is 0 Å². The third kappa shape index (κ3) is 3.54. The molecule has 2 aromatic carbocycles. The summed E-state index contributed by atoms with van der Waals surface area (Å²) in [5.41, 5.74) is 1.55. The molecule has 0 spiro atoms. The molecule has 0 radical (unpaired) electrons. The molecule has 0 fully saturated rings. The highest BCUT2D eigenvalue weighted by Crippen LogP contribution is 2.29. The van der Waals surface area contributed by atoms with Gasteiger partial charge < -0.3 is 0 Å². The van der Waals surface area contributed by atoms with Gasteiger partial charge >= 0.3 is 0 Å². The average molecular weight is 290 g/mol. The minimum Gasteiger partial charge on any atom is -0.207 e. The lowest BCUT2D eigenvalue weighted by Gasteiger charge is -2.06. The molecule has 0 amide bonds. The molecule has 2 rings (SSSR count). The Morgan fingerprint density at radius 1 is 0.905 bits per heavy atom. The smallest absolute Gasteiger partial charge is 0.166 e. The highest BCUT2D eigenvalue weighted by molar-refractivity contribution is 5.83. The molecule has 0 bridgehead atoms. The Balaban J connectivity index is 2.37. The summed E-state index contributed by atoms with van der Waals surface area (Å²) in [5.74, 6) is -2.51. The molecule has 0 aliphatic carbocycles. The Morgan fingerprint density at radius 2 is 1.48 bits per heavy atom. The van der Waals surface area contributed by atoms with Crippen LogP contribution in [0.25, 0.3) is 11.7 Å². The molecule has 2 aromatic rings. The van der Waals surface area contributed by atoms with Crippen LogP contribution in [0.2, 0.25) is 0 Å². The Labute approximate surface area is 122 Å². The van der Waals surface area contributed by atoms with Gasteiger partial charge in [-0.25, -0.2) is 13.2 Å². The third-order valence-electron chi connectivity index (χ3n) is 3.32. The van der Waals surface area contributed by atoms with Crippen molar-refractivity contribution in [3.63, 3.8) is 0 Å². The maximum absolute atomic E-state index is 14.2. The van der Waals surface area contributed by atoms with Crippen LogP contribution < -0.4 is 0 Å². The number of rotatable bonds is 4. The van der Waals surface area contributed by atoms with E-state index < -0.39 is 17.5 Å². The van der Waals surface area contributed by atoms with Gasteiger partial charge in [-0.15, -0.1) is 0 Å². The number of aryl methyl sites for hydroxylation is 2. The van der Waals surface area contributed by atoms with Crippen molar-refractivity contribution in [3.8, 4) is 0 Å². The first-order valence-corrected chi connectivity index (χ1v) is 6.94. The molecule has 0 N–H and O–H groups in total. The zero-order valence-corrected chi connectivity index (χ0v) is 12.1. The van der Waals surface area contributed by atoms with Crippen molar-refractivity contribution in [3.05, 3.63) is 70.5 Å². The predicted octanol–water partition coefficient (Wildman–Crippen LogP) is 5.85. The van der Waals surface area contributed by atoms with Crippen LogP contribution in [0.5, 0.6) is 0 Å². The molecule has 0 nitrogen and oxygen atoms in total. The van der Waals surface area contributed by atoms with E-state index in [1.807, 2.05) is 13.8 Å². The van der Waals surface area contributed by atoms with Crippen LogP contribution in [0.1, 0.15) is 35.6 Å². The highest BCUT2D eigenvalue weighted by atomic mass is 19.2. The van der Waals surface area contributed by atoms with Crippen LogP contribution >= 0.6 is 0 Å². The van der Waals surface area contributed by atoms with E-state index in [-0.39, 0.29) is 11.1 Å². The summed E-state index contributed by atoms with van der Waals surface area (Å²) in [4.78, 5) is 0. The van der Waals surface area contributed by atoms with E-state index in [0.717, 1.165) is 18.1 Å². The van der Waals surface area contributed by atoms with Crippen molar-refractivity contribution in [1.82, 2.24) is 0 Å². The van der Waals surface area contributed by atoms with E-state index in [0.29, 0.717) is 12.0 Å². The van der Waals surface area contributed by atoms with Gasteiger partial charge in [-0.2, -0.15) is 0 Å². The first kappa shape index (κ1) is 15.4. The Bertz CT molecular complexity index is 655. The van der Waals surface area contributed by atoms with E-state index in [1.165, 1.54) is 24.3 Å². The lowest BCUT2D eigenvalue weighted by atomic mass is 10.0. The SMILES string of the molecule is CCCc1ccc(/C(F)=C(\F)c2ccc(C)cc2)cc1F. The van der Waals surface area contributed by atoms with Crippen LogP contribution in [-0.4, -0.2) is 0 Å². The number of hydrogen-bond donors (Lipinski definition) is 0. The van der Waals surface area contributed by atoms with Crippen LogP contribution in [-0.2, 0) is 6.42 Å². The third-order valence-corrected chi connectivity index (χ3v) is 3.32. The average Bonchev–Trinajstić information content (AvgIpc) is 2.49. The molecular formula is C18H17F3. The topological polar surface area (TPSA) is 0 Å². The normalized spacial score (nSPS) is 12.2. The zero-order chi connectivity index (χ0) is 15.4. The summed E-state index contributed by atoms with van der Waals surface area (Å²) in [6.45, 7) is 3.80. The summed E-state index contributed by atoms with van der Waals surface area (Å²) < 4.78 is 42.1. The van der Waals surface area contributed by atoms with E-state index in [9.17, 15) is 13.2 Å². The minimum absolute atomic E-state index is 0.0783. The molecule has 3 heteroatoms. The molecule has 0 aliphatic heterocycles. The Kier molecular flexibility index (Phi) is 4.84. The van der Waals surface area contributed by atoms with Gasteiger partial charge in [0.1, 0.15) is 5.82 Å². The monoisotopic (exact) mass is 290 g/mol. The summed E-state index contributed by atoms with van der Waals surface area (Å²) in [5, 5.41) is 0. The van der Waals surface area contributed by atoms with Crippen molar-refractivity contribution >= 4 is 11.7 Å². The first-order valence-electron chi connectivity index (χ1n) is 6.94. The number of benzene rings is 2. The van der Waals surface area contributed by atoms with Crippen LogP contribution in [0, 0.1) is 12.7 Å². The molecule has 0 atom stereocenters. The van der Waals surface area contributed by atoms with Crippen LogP contribution in [0.4, 0.5) is 13.2 Å². The maximum Gasteiger partial charge on any atom is 0.166 e. The van der Waals surface area contributed by atoms with Gasteiger partial charge in [0.25, 0.3) is 0 Å². The Hall–Kier alpha value is -2.03. The lowest BCUT2D eigenvalue weighted by Crippen LogP contribution is -1.92. The fourth-order valence-corrected chi connectivity index (χ4v) is 2.11. The molecule has 0 heterocycles. The minimum atomic E-state index is -1.04. The van der Waals surface area contributed by atoms with Crippen molar-refractivity contribution in [2.75, 3.05) is 0 Å². The summed E-state index contributed by atoms with van der Waals surface area (Å²) >= 11 is 0. The summed E-state index contributed by atoms with van der Waals surface area (Å²) in [6, 6.07) is 10.4. The standard InChI is InChI=1S/C18H17F3/c1-3-4-13-9-10-15(11-16(13)19)18(21)17(20)14-7-5-12(2)6-8-14/h5-11H,3-4H2,1-2H3/b18-17+. The molecule has 21 heavy (non-hydrogen) atoms. The maximum atomic E-state index is 14.2. The van der Waals surface area contributed by atoms with Crippen molar-refractivity contribution in [2.45, 2.75) is 26.7 Å². The summed E-state index contributed by atoms with van der Waals surface area (Å²) in [6.07, 6.45) is 1.38. The second kappa shape index (κ2) is 6.61. The van der Waals surface area contributed by atoms with Crippen molar-refractivity contribution < 1.29 is 13.2 Å². The molecule has 0 saturated carbocycles. The van der Waals surface area contributed by atoms with Crippen molar-refractivity contribution in [2.24, 2.45) is 0 Å². The van der Waals surface area contributed by atoms with Gasteiger partial charge in [0, 0.05) is 11.1 Å². The molecule has 110 valence electrons. The van der Waals surface area contributed by atoms with Gasteiger partial charge in [-0.1, -0.05) is 55.3 Å². The summed E-state index contributed by atoms with van der Waals surface area (Å²) in [7, 11) is 0.